The first-order valence-corrected chi connectivity index (χ1v) is 8.93. The Labute approximate surface area is 163 Å². The summed E-state index contributed by atoms with van der Waals surface area (Å²) in [5.41, 5.74) is 2.59. The molecule has 6 heteroatoms. The molecule has 3 aromatic rings. The zero-order valence-corrected chi connectivity index (χ0v) is 15.7. The van der Waals surface area contributed by atoms with Crippen LogP contribution in [0.2, 0.25) is 0 Å². The third kappa shape index (κ3) is 4.94. The molecule has 0 atom stereocenters. The third-order valence-corrected chi connectivity index (χ3v) is 4.01. The van der Waals surface area contributed by atoms with Gasteiger partial charge in [0.25, 0.3) is 5.91 Å². The van der Waals surface area contributed by atoms with Crippen LogP contribution in [-0.4, -0.2) is 23.3 Å². The molecule has 0 aliphatic rings. The summed E-state index contributed by atoms with van der Waals surface area (Å²) in [7, 11) is 0. The van der Waals surface area contributed by atoms with Crippen molar-refractivity contribution in [3.63, 3.8) is 0 Å². The van der Waals surface area contributed by atoms with Gasteiger partial charge < -0.3 is 15.4 Å². The summed E-state index contributed by atoms with van der Waals surface area (Å²) in [5.74, 6) is 1.14. The highest BCUT2D eigenvalue weighted by atomic mass is 16.5. The molecule has 0 saturated heterocycles. The first kappa shape index (κ1) is 19.1. The van der Waals surface area contributed by atoms with Crippen LogP contribution in [0.5, 0.6) is 5.75 Å². The second-order valence-electron chi connectivity index (χ2n) is 6.10. The molecule has 0 fully saturated rings. The Hall–Kier alpha value is -3.67. The van der Waals surface area contributed by atoms with Gasteiger partial charge in [0.2, 0.25) is 0 Å². The molecule has 0 spiro atoms. The molecule has 142 valence electrons. The summed E-state index contributed by atoms with van der Waals surface area (Å²) in [4.78, 5) is 28.0. The van der Waals surface area contributed by atoms with Gasteiger partial charge in [-0.1, -0.05) is 0 Å². The number of ether oxygens (including phenoxy) is 1. The van der Waals surface area contributed by atoms with Crippen molar-refractivity contribution in [3.8, 4) is 5.75 Å². The number of aromatic nitrogens is 1. The number of carbonyl (C=O) groups is 2. The van der Waals surface area contributed by atoms with Crippen molar-refractivity contribution in [3.05, 3.63) is 78.0 Å². The predicted octanol–water partition coefficient (Wildman–Crippen LogP) is 4.68. The first-order valence-electron chi connectivity index (χ1n) is 8.93. The zero-order chi connectivity index (χ0) is 19.9. The van der Waals surface area contributed by atoms with Gasteiger partial charge in [-0.3, -0.25) is 9.59 Å². The van der Waals surface area contributed by atoms with Crippen molar-refractivity contribution >= 4 is 28.9 Å². The van der Waals surface area contributed by atoms with E-state index >= 15 is 0 Å². The summed E-state index contributed by atoms with van der Waals surface area (Å²) in [6.45, 7) is 4.04. The van der Waals surface area contributed by atoms with E-state index < -0.39 is 0 Å². The average Bonchev–Trinajstić information content (AvgIpc) is 2.70. The molecule has 2 aromatic carbocycles. The third-order valence-electron chi connectivity index (χ3n) is 4.01. The maximum atomic E-state index is 12.4. The van der Waals surface area contributed by atoms with Gasteiger partial charge in [-0.2, -0.15) is 0 Å². The SMILES string of the molecule is CCOc1ccc(NC(=O)c2ccc(Nc3ccc(C(C)=O)cc3)nc2)cc1. The number of pyridine rings is 1. The molecule has 0 saturated carbocycles. The normalized spacial score (nSPS) is 10.2. The number of carbonyl (C=O) groups excluding carboxylic acids is 2. The molecule has 6 nitrogen and oxygen atoms in total. The van der Waals surface area contributed by atoms with Gasteiger partial charge in [0.1, 0.15) is 11.6 Å². The molecule has 0 aliphatic carbocycles. The molecule has 1 heterocycles. The Morgan fingerprint density at radius 1 is 0.893 bits per heavy atom. The van der Waals surface area contributed by atoms with E-state index in [0.29, 0.717) is 29.2 Å². The highest BCUT2D eigenvalue weighted by molar-refractivity contribution is 6.04. The van der Waals surface area contributed by atoms with E-state index in [0.717, 1.165) is 11.4 Å². The smallest absolute Gasteiger partial charge is 0.257 e. The summed E-state index contributed by atoms with van der Waals surface area (Å²) in [6, 6.07) is 17.7. The van der Waals surface area contributed by atoms with Gasteiger partial charge in [-0.15, -0.1) is 0 Å². The first-order chi connectivity index (χ1) is 13.5. The van der Waals surface area contributed by atoms with Crippen LogP contribution in [0.4, 0.5) is 17.2 Å². The van der Waals surface area contributed by atoms with E-state index in [1.54, 1.807) is 36.4 Å². The maximum absolute atomic E-state index is 12.4. The van der Waals surface area contributed by atoms with Gasteiger partial charge in [-0.25, -0.2) is 4.98 Å². The second-order valence-corrected chi connectivity index (χ2v) is 6.10. The number of nitrogens with zero attached hydrogens (tertiary/aromatic N) is 1. The van der Waals surface area contributed by atoms with E-state index in [9.17, 15) is 9.59 Å². The lowest BCUT2D eigenvalue weighted by Crippen LogP contribution is -2.12. The Bertz CT molecular complexity index is 950. The van der Waals surface area contributed by atoms with Crippen molar-refractivity contribution in [2.24, 2.45) is 0 Å². The Morgan fingerprint density at radius 3 is 2.11 bits per heavy atom. The molecule has 0 unspecified atom stereocenters. The van der Waals surface area contributed by atoms with Crippen LogP contribution in [0.1, 0.15) is 34.6 Å². The number of hydrogen-bond donors (Lipinski definition) is 2. The minimum Gasteiger partial charge on any atom is -0.494 e. The lowest BCUT2D eigenvalue weighted by molar-refractivity contribution is 0.101. The summed E-state index contributed by atoms with van der Waals surface area (Å²) in [6.07, 6.45) is 1.51. The van der Waals surface area contributed by atoms with Gasteiger partial charge in [0.15, 0.2) is 5.78 Å². The average molecular weight is 375 g/mol. The Morgan fingerprint density at radius 2 is 1.54 bits per heavy atom. The molecule has 2 N–H and O–H groups in total. The van der Waals surface area contributed by atoms with Gasteiger partial charge >= 0.3 is 0 Å². The van der Waals surface area contributed by atoms with E-state index in [4.69, 9.17) is 4.74 Å². The molecule has 0 bridgehead atoms. The molecule has 3 rings (SSSR count). The quantitative estimate of drug-likeness (QED) is 0.586. The van der Waals surface area contributed by atoms with Crippen molar-refractivity contribution < 1.29 is 14.3 Å². The number of rotatable bonds is 7. The molecule has 1 amide bonds. The van der Waals surface area contributed by atoms with Gasteiger partial charge in [0, 0.05) is 23.1 Å². The highest BCUT2D eigenvalue weighted by Crippen LogP contribution is 2.18. The van der Waals surface area contributed by atoms with Crippen LogP contribution in [0.15, 0.2) is 66.9 Å². The lowest BCUT2D eigenvalue weighted by atomic mass is 10.1. The number of amides is 1. The fourth-order valence-electron chi connectivity index (χ4n) is 2.54. The zero-order valence-electron chi connectivity index (χ0n) is 15.7. The molecule has 0 radical (unpaired) electrons. The van der Waals surface area contributed by atoms with Crippen molar-refractivity contribution in [1.82, 2.24) is 4.98 Å². The minimum absolute atomic E-state index is 0.0209. The number of Topliss-reactive ketones (excluding diaryl/α,β-unsaturated/α-hetero) is 1. The summed E-state index contributed by atoms with van der Waals surface area (Å²) >= 11 is 0. The van der Waals surface area contributed by atoms with Crippen molar-refractivity contribution in [1.29, 1.82) is 0 Å². The molecular weight excluding hydrogens is 354 g/mol. The standard InChI is InChI=1S/C22H21N3O3/c1-3-28-20-11-9-19(10-12-20)25-22(27)17-6-13-21(23-14-17)24-18-7-4-16(5-8-18)15(2)26/h4-14H,3H2,1-2H3,(H,23,24)(H,25,27). The highest BCUT2D eigenvalue weighted by Gasteiger charge is 2.07. The number of benzene rings is 2. The van der Waals surface area contributed by atoms with E-state index in [1.807, 2.05) is 31.2 Å². The summed E-state index contributed by atoms with van der Waals surface area (Å²) in [5, 5.41) is 5.96. The molecule has 1 aromatic heterocycles. The van der Waals surface area contributed by atoms with Crippen molar-refractivity contribution in [2.75, 3.05) is 17.2 Å². The predicted molar refractivity (Wildman–Crippen MR) is 110 cm³/mol. The van der Waals surface area contributed by atoms with Crippen LogP contribution in [-0.2, 0) is 0 Å². The number of hydrogen-bond acceptors (Lipinski definition) is 5. The van der Waals surface area contributed by atoms with Crippen molar-refractivity contribution in [2.45, 2.75) is 13.8 Å². The van der Waals surface area contributed by atoms with Crippen LogP contribution in [0, 0.1) is 0 Å². The number of ketones is 1. The monoisotopic (exact) mass is 375 g/mol. The minimum atomic E-state index is -0.242. The molecule has 28 heavy (non-hydrogen) atoms. The topological polar surface area (TPSA) is 80.3 Å². The van der Waals surface area contributed by atoms with Gasteiger partial charge in [0.05, 0.1) is 12.2 Å². The van der Waals surface area contributed by atoms with Crippen LogP contribution >= 0.6 is 0 Å². The largest absolute Gasteiger partial charge is 0.494 e. The fourth-order valence-corrected chi connectivity index (χ4v) is 2.54. The van der Waals surface area contributed by atoms with E-state index in [-0.39, 0.29) is 11.7 Å². The number of nitrogens with one attached hydrogen (secondary N) is 2. The fraction of sp³-hybridized carbons (Fsp3) is 0.136. The van der Waals surface area contributed by atoms with Gasteiger partial charge in [-0.05, 0) is 74.5 Å². The number of anilines is 3. The van der Waals surface area contributed by atoms with Crippen LogP contribution < -0.4 is 15.4 Å². The maximum Gasteiger partial charge on any atom is 0.257 e. The lowest BCUT2D eigenvalue weighted by Gasteiger charge is -2.09. The Kier molecular flexibility index (Phi) is 6.01. The van der Waals surface area contributed by atoms with E-state index in [2.05, 4.69) is 15.6 Å². The molecule has 0 aliphatic heterocycles. The van der Waals surface area contributed by atoms with Crippen LogP contribution in [0.25, 0.3) is 0 Å². The van der Waals surface area contributed by atoms with Crippen LogP contribution in [0.3, 0.4) is 0 Å². The Balaban J connectivity index is 1.61. The van der Waals surface area contributed by atoms with E-state index in [1.165, 1.54) is 13.1 Å². The molecular formula is C22H21N3O3. The second kappa shape index (κ2) is 8.81. The summed E-state index contributed by atoms with van der Waals surface area (Å²) < 4.78 is 5.38.